The number of aromatic nitrogens is 1. The van der Waals surface area contributed by atoms with E-state index in [4.69, 9.17) is 22.1 Å². The Bertz CT molecular complexity index is 802. The maximum Gasteiger partial charge on any atom is 0.150 e. The van der Waals surface area contributed by atoms with Crippen molar-refractivity contribution in [1.29, 1.82) is 0 Å². The Morgan fingerprint density at radius 2 is 2.05 bits per heavy atom. The summed E-state index contributed by atoms with van der Waals surface area (Å²) in [7, 11) is 0. The molecule has 2 aromatic carbocycles. The van der Waals surface area contributed by atoms with Crippen molar-refractivity contribution < 1.29 is 4.74 Å². The van der Waals surface area contributed by atoms with Crippen LogP contribution in [0, 0.1) is 0 Å². The average molecular weight is 299 g/mol. The van der Waals surface area contributed by atoms with Crippen LogP contribution in [-0.2, 0) is 6.42 Å². The van der Waals surface area contributed by atoms with Crippen LogP contribution in [0.15, 0.2) is 48.8 Å². The second-order valence-electron chi connectivity index (χ2n) is 4.78. The molecular formula is C17H15ClN2O. The molecule has 1 heterocycles. The number of hydrogen-bond acceptors (Lipinski definition) is 3. The van der Waals surface area contributed by atoms with Gasteiger partial charge in [-0.05, 0) is 48.4 Å². The highest BCUT2D eigenvalue weighted by atomic mass is 35.5. The highest BCUT2D eigenvalue weighted by Crippen LogP contribution is 2.34. The fraction of sp³-hybridized carbons (Fsp3) is 0.118. The number of rotatable bonds is 3. The van der Waals surface area contributed by atoms with Crippen molar-refractivity contribution in [2.24, 2.45) is 0 Å². The maximum absolute atomic E-state index is 6.19. The van der Waals surface area contributed by atoms with E-state index in [9.17, 15) is 0 Å². The average Bonchev–Trinajstić information content (AvgIpc) is 2.52. The second-order valence-corrected chi connectivity index (χ2v) is 5.19. The number of aryl methyl sites for hydroxylation is 1. The van der Waals surface area contributed by atoms with Crippen molar-refractivity contribution in [1.82, 2.24) is 4.98 Å². The summed E-state index contributed by atoms with van der Waals surface area (Å²) in [5.74, 6) is 1.37. The molecule has 0 spiro atoms. The first-order valence-electron chi connectivity index (χ1n) is 6.77. The molecule has 2 N–H and O–H groups in total. The van der Waals surface area contributed by atoms with Crippen molar-refractivity contribution in [3.05, 3.63) is 59.4 Å². The number of nitrogen functional groups attached to an aromatic ring is 1. The van der Waals surface area contributed by atoms with E-state index in [1.165, 1.54) is 0 Å². The standard InChI is InChI=1S/C17H15ClN2O/c1-2-11-9-13(4-5-15(11)18)21-16-6-3-12-10-20-8-7-14(12)17(16)19/h3-10H,2,19H2,1H3. The van der Waals surface area contributed by atoms with E-state index < -0.39 is 0 Å². The van der Waals surface area contributed by atoms with Crippen LogP contribution in [0.25, 0.3) is 10.8 Å². The fourth-order valence-corrected chi connectivity index (χ4v) is 2.53. The minimum absolute atomic E-state index is 0.614. The Labute approximate surface area is 128 Å². The maximum atomic E-state index is 6.19. The molecular weight excluding hydrogens is 284 g/mol. The van der Waals surface area contributed by atoms with Gasteiger partial charge in [-0.15, -0.1) is 0 Å². The minimum Gasteiger partial charge on any atom is -0.455 e. The molecule has 0 unspecified atom stereocenters. The summed E-state index contributed by atoms with van der Waals surface area (Å²) in [6.45, 7) is 2.06. The first kappa shape index (κ1) is 13.7. The van der Waals surface area contributed by atoms with Crippen LogP contribution in [0.5, 0.6) is 11.5 Å². The topological polar surface area (TPSA) is 48.1 Å². The molecule has 1 aromatic heterocycles. The lowest BCUT2D eigenvalue weighted by Gasteiger charge is -2.12. The number of hydrogen-bond donors (Lipinski definition) is 1. The Kier molecular flexibility index (Phi) is 3.67. The number of fused-ring (bicyclic) bond motifs is 1. The third-order valence-corrected chi connectivity index (χ3v) is 3.82. The van der Waals surface area contributed by atoms with Gasteiger partial charge in [-0.2, -0.15) is 0 Å². The van der Waals surface area contributed by atoms with Crippen LogP contribution < -0.4 is 10.5 Å². The van der Waals surface area contributed by atoms with Crippen molar-refractivity contribution in [3.8, 4) is 11.5 Å². The molecule has 3 aromatic rings. The van der Waals surface area contributed by atoms with E-state index >= 15 is 0 Å². The zero-order valence-corrected chi connectivity index (χ0v) is 12.4. The third kappa shape index (κ3) is 2.65. The van der Waals surface area contributed by atoms with Crippen molar-refractivity contribution in [2.75, 3.05) is 5.73 Å². The molecule has 0 radical (unpaired) electrons. The first-order chi connectivity index (χ1) is 10.2. The summed E-state index contributed by atoms with van der Waals surface area (Å²) in [5.41, 5.74) is 7.86. The summed E-state index contributed by atoms with van der Waals surface area (Å²) >= 11 is 6.12. The monoisotopic (exact) mass is 298 g/mol. The van der Waals surface area contributed by atoms with E-state index in [2.05, 4.69) is 11.9 Å². The molecule has 21 heavy (non-hydrogen) atoms. The normalized spacial score (nSPS) is 10.8. The molecule has 0 saturated carbocycles. The molecule has 0 atom stereocenters. The van der Waals surface area contributed by atoms with Crippen LogP contribution in [0.2, 0.25) is 5.02 Å². The minimum atomic E-state index is 0.614. The van der Waals surface area contributed by atoms with Crippen LogP contribution >= 0.6 is 11.6 Å². The fourth-order valence-electron chi connectivity index (χ4n) is 2.27. The summed E-state index contributed by atoms with van der Waals surface area (Å²) in [6.07, 6.45) is 4.36. The van der Waals surface area contributed by atoms with Gasteiger partial charge in [0.15, 0.2) is 5.75 Å². The molecule has 106 valence electrons. The largest absolute Gasteiger partial charge is 0.455 e. The lowest BCUT2D eigenvalue weighted by Crippen LogP contribution is -1.94. The molecule has 4 heteroatoms. The molecule has 0 amide bonds. The lowest BCUT2D eigenvalue weighted by molar-refractivity contribution is 0.485. The van der Waals surface area contributed by atoms with Gasteiger partial charge in [0, 0.05) is 28.2 Å². The van der Waals surface area contributed by atoms with E-state index in [0.717, 1.165) is 33.5 Å². The summed E-state index contributed by atoms with van der Waals surface area (Å²) in [4.78, 5) is 4.09. The number of pyridine rings is 1. The van der Waals surface area contributed by atoms with Gasteiger partial charge in [-0.25, -0.2) is 0 Å². The third-order valence-electron chi connectivity index (χ3n) is 3.45. The number of halogens is 1. The zero-order chi connectivity index (χ0) is 14.8. The van der Waals surface area contributed by atoms with Crippen LogP contribution in [0.4, 0.5) is 5.69 Å². The Hall–Kier alpha value is -2.26. The van der Waals surface area contributed by atoms with E-state index in [1.54, 1.807) is 12.4 Å². The Balaban J connectivity index is 2.00. The molecule has 0 bridgehead atoms. The van der Waals surface area contributed by atoms with Gasteiger partial charge < -0.3 is 10.5 Å². The molecule has 0 fully saturated rings. The van der Waals surface area contributed by atoms with Gasteiger partial charge in [0.25, 0.3) is 0 Å². The quantitative estimate of drug-likeness (QED) is 0.705. The number of nitrogens with two attached hydrogens (primary N) is 1. The summed E-state index contributed by atoms with van der Waals surface area (Å²) in [5, 5.41) is 2.68. The first-order valence-corrected chi connectivity index (χ1v) is 7.15. The van der Waals surface area contributed by atoms with E-state index in [1.807, 2.05) is 36.4 Å². The lowest BCUT2D eigenvalue weighted by atomic mass is 10.1. The molecule has 0 saturated heterocycles. The van der Waals surface area contributed by atoms with Gasteiger partial charge >= 0.3 is 0 Å². The molecule has 0 aliphatic rings. The summed E-state index contributed by atoms with van der Waals surface area (Å²) in [6, 6.07) is 11.3. The number of benzene rings is 2. The molecule has 0 aliphatic carbocycles. The Morgan fingerprint density at radius 1 is 1.19 bits per heavy atom. The van der Waals surface area contributed by atoms with Crippen molar-refractivity contribution in [3.63, 3.8) is 0 Å². The summed E-state index contributed by atoms with van der Waals surface area (Å²) < 4.78 is 5.91. The van der Waals surface area contributed by atoms with Gasteiger partial charge in [0.2, 0.25) is 0 Å². The van der Waals surface area contributed by atoms with Gasteiger partial charge in [-0.1, -0.05) is 18.5 Å². The van der Waals surface area contributed by atoms with Crippen LogP contribution in [0.3, 0.4) is 0 Å². The molecule has 0 aliphatic heterocycles. The van der Waals surface area contributed by atoms with E-state index in [-0.39, 0.29) is 0 Å². The van der Waals surface area contributed by atoms with Crippen LogP contribution in [-0.4, -0.2) is 4.98 Å². The molecule has 3 nitrogen and oxygen atoms in total. The second kappa shape index (κ2) is 5.62. The predicted molar refractivity (Wildman–Crippen MR) is 87.1 cm³/mol. The van der Waals surface area contributed by atoms with Gasteiger partial charge in [-0.3, -0.25) is 4.98 Å². The number of anilines is 1. The number of ether oxygens (including phenoxy) is 1. The SMILES string of the molecule is CCc1cc(Oc2ccc3cnccc3c2N)ccc1Cl. The van der Waals surface area contributed by atoms with E-state index in [0.29, 0.717) is 11.4 Å². The van der Waals surface area contributed by atoms with Crippen molar-refractivity contribution >= 4 is 28.1 Å². The molecule has 3 rings (SSSR count). The Morgan fingerprint density at radius 3 is 2.86 bits per heavy atom. The number of nitrogens with zero attached hydrogens (tertiary/aromatic N) is 1. The zero-order valence-electron chi connectivity index (χ0n) is 11.6. The van der Waals surface area contributed by atoms with Gasteiger partial charge in [0.05, 0.1) is 5.69 Å². The van der Waals surface area contributed by atoms with Crippen molar-refractivity contribution in [2.45, 2.75) is 13.3 Å². The highest BCUT2D eigenvalue weighted by Gasteiger charge is 2.08. The predicted octanol–water partition coefficient (Wildman–Crippen LogP) is 4.83. The van der Waals surface area contributed by atoms with Gasteiger partial charge in [0.1, 0.15) is 5.75 Å². The smallest absolute Gasteiger partial charge is 0.150 e. The van der Waals surface area contributed by atoms with Crippen LogP contribution in [0.1, 0.15) is 12.5 Å². The highest BCUT2D eigenvalue weighted by molar-refractivity contribution is 6.31.